The van der Waals surface area contributed by atoms with Crippen LogP contribution in [0, 0.1) is 11.3 Å². The Bertz CT molecular complexity index is 990. The molecule has 120 valence electrons. The van der Waals surface area contributed by atoms with E-state index < -0.39 is 11.5 Å². The molecule has 1 unspecified atom stereocenters. The predicted molar refractivity (Wildman–Crippen MR) is 83.4 cm³/mol. The largest absolute Gasteiger partial charge is 0.367 e. The van der Waals surface area contributed by atoms with Crippen LogP contribution in [-0.2, 0) is 16.6 Å². The lowest BCUT2D eigenvalue weighted by molar-refractivity contribution is -0.121. The van der Waals surface area contributed by atoms with Gasteiger partial charge in [-0.25, -0.2) is 4.79 Å². The second kappa shape index (κ2) is 5.22. The normalized spacial score (nSPS) is 19.3. The highest BCUT2D eigenvalue weighted by atomic mass is 16.5. The molecule has 3 heterocycles. The van der Waals surface area contributed by atoms with Crippen LogP contribution in [0.5, 0.6) is 0 Å². The van der Waals surface area contributed by atoms with Gasteiger partial charge in [0.2, 0.25) is 0 Å². The lowest BCUT2D eigenvalue weighted by Crippen LogP contribution is -2.34. The second-order valence-corrected chi connectivity index (χ2v) is 5.74. The van der Waals surface area contributed by atoms with Gasteiger partial charge in [0.1, 0.15) is 6.61 Å². The topological polar surface area (TPSA) is 97.3 Å². The Balaban J connectivity index is 2.00. The summed E-state index contributed by atoms with van der Waals surface area (Å²) in [6, 6.07) is 9.01. The van der Waals surface area contributed by atoms with Crippen LogP contribution in [0.25, 0.3) is 0 Å². The highest BCUT2D eigenvalue weighted by Crippen LogP contribution is 2.41. The molecule has 1 N–H and O–H groups in total. The molecule has 0 spiro atoms. The van der Waals surface area contributed by atoms with Gasteiger partial charge in [-0.3, -0.25) is 4.79 Å². The van der Waals surface area contributed by atoms with E-state index in [4.69, 9.17) is 14.5 Å². The summed E-state index contributed by atoms with van der Waals surface area (Å²) < 4.78 is 11.8. The number of ketones is 1. The molecule has 2 aliphatic heterocycles. The summed E-state index contributed by atoms with van der Waals surface area (Å²) in [5.41, 5.74) is 2.18. The van der Waals surface area contributed by atoms with Crippen LogP contribution in [0.15, 0.2) is 44.9 Å². The van der Waals surface area contributed by atoms with Crippen molar-refractivity contribution in [2.24, 2.45) is 7.05 Å². The number of carbonyl (C=O) groups excluding carboxylic acids is 1. The number of Topliss-reactive ketones (excluding diaryl/α,β-unsaturated/α-hetero) is 1. The van der Waals surface area contributed by atoms with Crippen LogP contribution >= 0.6 is 0 Å². The van der Waals surface area contributed by atoms with Gasteiger partial charge in [-0.1, -0.05) is 12.1 Å². The summed E-state index contributed by atoms with van der Waals surface area (Å²) >= 11 is 0. The minimum atomic E-state index is -0.571. The number of ether oxygens (including phenoxy) is 1. The van der Waals surface area contributed by atoms with E-state index in [1.807, 2.05) is 0 Å². The Morgan fingerprint density at radius 1 is 1.33 bits per heavy atom. The monoisotopic (exact) mass is 323 g/mol. The fourth-order valence-electron chi connectivity index (χ4n) is 3.30. The first-order valence-electron chi connectivity index (χ1n) is 7.41. The van der Waals surface area contributed by atoms with Crippen molar-refractivity contribution in [3.05, 3.63) is 62.6 Å². The summed E-state index contributed by atoms with van der Waals surface area (Å²) in [7, 11) is 1.62. The fraction of sp³-hybridized carbons (Fsp3) is 0.235. The molecule has 0 saturated carbocycles. The lowest BCUT2D eigenvalue weighted by Gasteiger charge is -2.31. The van der Waals surface area contributed by atoms with E-state index in [1.54, 1.807) is 31.3 Å². The van der Waals surface area contributed by atoms with Gasteiger partial charge in [-0.2, -0.15) is 10.0 Å². The standard InChI is InChI=1S/C17H13N3O4/c1-20-16-15(17(22)24-20)13(10-4-2-3-9(5-10)6-18)14-11(19-16)7-23-8-12(14)21/h2-5,13,19H,7-8H2,1H3. The van der Waals surface area contributed by atoms with Gasteiger partial charge in [0.15, 0.2) is 11.6 Å². The van der Waals surface area contributed by atoms with Crippen molar-refractivity contribution < 1.29 is 14.1 Å². The van der Waals surface area contributed by atoms with E-state index in [2.05, 4.69) is 11.4 Å². The fourth-order valence-corrected chi connectivity index (χ4v) is 3.30. The molecule has 0 aliphatic carbocycles. The molecule has 4 rings (SSSR count). The summed E-state index contributed by atoms with van der Waals surface area (Å²) in [6.45, 7) is 0.233. The zero-order valence-electron chi connectivity index (χ0n) is 12.8. The van der Waals surface area contributed by atoms with Gasteiger partial charge in [-0.15, -0.1) is 0 Å². The van der Waals surface area contributed by atoms with Crippen LogP contribution in [0.1, 0.15) is 22.6 Å². The first kappa shape index (κ1) is 14.5. The average molecular weight is 323 g/mol. The van der Waals surface area contributed by atoms with Crippen molar-refractivity contribution in [3.63, 3.8) is 0 Å². The molecule has 0 fully saturated rings. The number of aromatic nitrogens is 1. The van der Waals surface area contributed by atoms with Gasteiger partial charge < -0.3 is 14.6 Å². The van der Waals surface area contributed by atoms with E-state index in [1.165, 1.54) is 4.74 Å². The first-order valence-corrected chi connectivity index (χ1v) is 7.41. The Kier molecular flexibility index (Phi) is 3.15. The first-order chi connectivity index (χ1) is 11.6. The van der Waals surface area contributed by atoms with Crippen LogP contribution in [0.2, 0.25) is 0 Å². The third-order valence-corrected chi connectivity index (χ3v) is 4.31. The number of hydrogen-bond acceptors (Lipinski definition) is 6. The molecule has 2 aliphatic rings. The smallest absolute Gasteiger partial charge is 0.363 e. The lowest BCUT2D eigenvalue weighted by atomic mass is 9.80. The number of benzene rings is 1. The maximum atomic E-state index is 12.5. The van der Waals surface area contributed by atoms with Crippen LogP contribution < -0.4 is 10.9 Å². The molecule has 1 atom stereocenters. The molecule has 1 aromatic carbocycles. The molecule has 0 bridgehead atoms. The van der Waals surface area contributed by atoms with Crippen molar-refractivity contribution in [3.8, 4) is 6.07 Å². The number of nitriles is 1. The Hall–Kier alpha value is -3.11. The number of fused-ring (bicyclic) bond motifs is 1. The van der Waals surface area contributed by atoms with Crippen molar-refractivity contribution in [1.82, 2.24) is 4.74 Å². The van der Waals surface area contributed by atoms with Gasteiger partial charge in [-0.05, 0) is 17.7 Å². The molecule has 7 nitrogen and oxygen atoms in total. The number of hydrogen-bond donors (Lipinski definition) is 1. The van der Waals surface area contributed by atoms with E-state index in [-0.39, 0.29) is 19.0 Å². The summed E-state index contributed by atoms with van der Waals surface area (Å²) in [6.07, 6.45) is 0. The minimum Gasteiger partial charge on any atom is -0.367 e. The number of carbonyl (C=O) groups is 1. The second-order valence-electron chi connectivity index (χ2n) is 5.74. The number of anilines is 1. The molecule has 7 heteroatoms. The van der Waals surface area contributed by atoms with Crippen LogP contribution in [0.4, 0.5) is 5.82 Å². The predicted octanol–water partition coefficient (Wildman–Crippen LogP) is 1.26. The SMILES string of the molecule is Cn1oc(=O)c2c1NC1=C(C(=O)COC1)C2c1cccc(C#N)c1. The zero-order valence-corrected chi connectivity index (χ0v) is 12.8. The summed E-state index contributed by atoms with van der Waals surface area (Å²) in [4.78, 5) is 24.8. The van der Waals surface area contributed by atoms with E-state index >= 15 is 0 Å². The minimum absolute atomic E-state index is 0.0253. The van der Waals surface area contributed by atoms with E-state index in [0.29, 0.717) is 33.8 Å². The summed E-state index contributed by atoms with van der Waals surface area (Å²) in [5, 5.41) is 12.2. The maximum absolute atomic E-state index is 12.5. The molecule has 0 amide bonds. The van der Waals surface area contributed by atoms with Crippen molar-refractivity contribution in [2.75, 3.05) is 18.5 Å². The van der Waals surface area contributed by atoms with Crippen molar-refractivity contribution in [2.45, 2.75) is 5.92 Å². The van der Waals surface area contributed by atoms with Crippen molar-refractivity contribution >= 4 is 11.6 Å². The number of rotatable bonds is 1. The quantitative estimate of drug-likeness (QED) is 0.848. The molecule has 1 aromatic heterocycles. The highest BCUT2D eigenvalue weighted by Gasteiger charge is 2.39. The Morgan fingerprint density at radius 3 is 2.96 bits per heavy atom. The van der Waals surface area contributed by atoms with Gasteiger partial charge in [0, 0.05) is 12.6 Å². The number of nitrogens with zero attached hydrogens (tertiary/aromatic N) is 2. The Labute approximate surface area is 136 Å². The van der Waals surface area contributed by atoms with E-state index in [9.17, 15) is 9.59 Å². The molecule has 0 saturated heterocycles. The van der Waals surface area contributed by atoms with Crippen molar-refractivity contribution in [1.29, 1.82) is 5.26 Å². The molecule has 0 radical (unpaired) electrons. The molecular formula is C17H13N3O4. The van der Waals surface area contributed by atoms with Crippen LogP contribution in [0.3, 0.4) is 0 Å². The Morgan fingerprint density at radius 2 is 2.17 bits per heavy atom. The summed E-state index contributed by atoms with van der Waals surface area (Å²) in [5.74, 6) is -0.243. The third kappa shape index (κ3) is 2.01. The van der Waals surface area contributed by atoms with Gasteiger partial charge in [0.25, 0.3) is 0 Å². The number of aryl methyl sites for hydroxylation is 1. The average Bonchev–Trinajstić information content (AvgIpc) is 2.87. The van der Waals surface area contributed by atoms with Crippen LogP contribution in [-0.4, -0.2) is 23.7 Å². The van der Waals surface area contributed by atoms with Gasteiger partial charge >= 0.3 is 5.63 Å². The third-order valence-electron chi connectivity index (χ3n) is 4.31. The molecular weight excluding hydrogens is 310 g/mol. The zero-order chi connectivity index (χ0) is 16.8. The molecule has 24 heavy (non-hydrogen) atoms. The van der Waals surface area contributed by atoms with E-state index in [0.717, 1.165) is 0 Å². The molecule has 2 aromatic rings. The number of nitrogens with one attached hydrogen (secondary N) is 1. The van der Waals surface area contributed by atoms with Gasteiger partial charge in [0.05, 0.1) is 35.4 Å². The maximum Gasteiger partial charge on any atom is 0.363 e. The highest BCUT2D eigenvalue weighted by molar-refractivity contribution is 6.01.